The fourth-order valence-corrected chi connectivity index (χ4v) is 3.41. The van der Waals surface area contributed by atoms with E-state index in [1.54, 1.807) is 0 Å². The van der Waals surface area contributed by atoms with Gasteiger partial charge in [-0.05, 0) is 36.5 Å². The molecule has 0 radical (unpaired) electrons. The number of guanidine groups is 1. The molecular formula is C16H19N5S. The number of thiazole rings is 1. The molecule has 2 aromatic rings. The molecule has 1 aromatic heterocycles. The van der Waals surface area contributed by atoms with Crippen molar-refractivity contribution >= 4 is 22.4 Å². The smallest absolute Gasteiger partial charge is 0.212 e. The lowest BCUT2D eigenvalue weighted by Crippen LogP contribution is -2.21. The lowest BCUT2D eigenvalue weighted by molar-refractivity contribution is 0.759. The van der Waals surface area contributed by atoms with E-state index in [9.17, 15) is 0 Å². The zero-order chi connectivity index (χ0) is 16.1. The topological polar surface area (TPSA) is 101 Å². The predicted octanol–water partition coefficient (Wildman–Crippen LogP) is 2.83. The second-order valence-electron chi connectivity index (χ2n) is 5.10. The molecule has 114 valence electrons. The average molecular weight is 313 g/mol. The lowest BCUT2D eigenvalue weighted by atomic mass is 9.95. The highest BCUT2D eigenvalue weighted by molar-refractivity contribution is 7.15. The van der Waals surface area contributed by atoms with E-state index in [1.165, 1.54) is 21.8 Å². The van der Waals surface area contributed by atoms with Crippen molar-refractivity contribution in [2.24, 2.45) is 16.5 Å². The number of nitrogens with two attached hydrogens (primary N) is 2. The van der Waals surface area contributed by atoms with Gasteiger partial charge in [-0.25, -0.2) is 4.98 Å². The third kappa shape index (κ3) is 3.83. The molecule has 6 heteroatoms. The van der Waals surface area contributed by atoms with Crippen molar-refractivity contribution in [2.75, 3.05) is 0 Å². The summed E-state index contributed by atoms with van der Waals surface area (Å²) >= 11 is 1.53. The molecule has 22 heavy (non-hydrogen) atoms. The molecule has 0 bridgehead atoms. The summed E-state index contributed by atoms with van der Waals surface area (Å²) in [7, 11) is 0. The molecule has 1 heterocycles. The zero-order valence-electron chi connectivity index (χ0n) is 12.7. The van der Waals surface area contributed by atoms with Gasteiger partial charge in [-0.1, -0.05) is 37.3 Å². The van der Waals surface area contributed by atoms with Crippen LogP contribution in [0.1, 0.15) is 41.5 Å². The predicted molar refractivity (Wildman–Crippen MR) is 90.2 cm³/mol. The number of nitrogens with zero attached hydrogens (tertiary/aromatic N) is 3. The maximum absolute atomic E-state index is 8.86. The first-order valence-corrected chi connectivity index (χ1v) is 7.93. The minimum absolute atomic E-state index is 0.0306. The summed E-state index contributed by atoms with van der Waals surface area (Å²) in [4.78, 5) is 9.71. The molecule has 0 aliphatic carbocycles. The van der Waals surface area contributed by atoms with Gasteiger partial charge in [0.2, 0.25) is 5.13 Å². The molecule has 2 rings (SSSR count). The Labute approximate surface area is 134 Å². The number of aromatic nitrogens is 1. The second kappa shape index (κ2) is 7.05. The number of hydrogen-bond acceptors (Lipinski definition) is 4. The van der Waals surface area contributed by atoms with Crippen LogP contribution in [0.3, 0.4) is 0 Å². The van der Waals surface area contributed by atoms with Crippen molar-refractivity contribution in [3.05, 3.63) is 46.0 Å². The van der Waals surface area contributed by atoms with Gasteiger partial charge in [-0.15, -0.1) is 0 Å². The van der Waals surface area contributed by atoms with Gasteiger partial charge in [0, 0.05) is 4.88 Å². The molecule has 0 fully saturated rings. The largest absolute Gasteiger partial charge is 0.370 e. The normalized spacial score (nSPS) is 11.7. The van der Waals surface area contributed by atoms with Crippen LogP contribution in [0.25, 0.3) is 0 Å². The third-order valence-corrected chi connectivity index (χ3v) is 4.44. The van der Waals surface area contributed by atoms with Crippen LogP contribution in [0.4, 0.5) is 5.13 Å². The van der Waals surface area contributed by atoms with Crippen LogP contribution in [-0.2, 0) is 12.8 Å². The molecule has 5 nitrogen and oxygen atoms in total. The van der Waals surface area contributed by atoms with Crippen molar-refractivity contribution in [3.8, 4) is 6.07 Å². The van der Waals surface area contributed by atoms with Crippen LogP contribution in [0.5, 0.6) is 0 Å². The van der Waals surface area contributed by atoms with Crippen molar-refractivity contribution < 1.29 is 0 Å². The van der Waals surface area contributed by atoms with E-state index in [0.29, 0.717) is 16.6 Å². The van der Waals surface area contributed by atoms with E-state index in [0.717, 1.165) is 18.5 Å². The fourth-order valence-electron chi connectivity index (χ4n) is 2.25. The highest BCUT2D eigenvalue weighted by Crippen LogP contribution is 2.31. The summed E-state index contributed by atoms with van der Waals surface area (Å²) in [6, 6.07) is 9.85. The molecule has 0 saturated heterocycles. The summed E-state index contributed by atoms with van der Waals surface area (Å²) in [6.45, 7) is 4.24. The molecule has 1 atom stereocenters. The maximum Gasteiger partial charge on any atom is 0.212 e. The van der Waals surface area contributed by atoms with E-state index in [-0.39, 0.29) is 5.96 Å². The van der Waals surface area contributed by atoms with E-state index in [2.05, 4.69) is 29.9 Å². The minimum atomic E-state index is 0.0306. The summed E-state index contributed by atoms with van der Waals surface area (Å²) in [5.41, 5.74) is 13.8. The van der Waals surface area contributed by atoms with Crippen LogP contribution in [-0.4, -0.2) is 10.9 Å². The van der Waals surface area contributed by atoms with Crippen molar-refractivity contribution in [1.82, 2.24) is 4.98 Å². The Morgan fingerprint density at radius 2 is 2.05 bits per heavy atom. The molecule has 0 spiro atoms. The van der Waals surface area contributed by atoms with Gasteiger partial charge in [0.25, 0.3) is 0 Å². The Balaban J connectivity index is 2.19. The number of benzene rings is 1. The highest BCUT2D eigenvalue weighted by Gasteiger charge is 2.14. The van der Waals surface area contributed by atoms with Crippen LogP contribution in [0.2, 0.25) is 0 Å². The van der Waals surface area contributed by atoms with Gasteiger partial charge < -0.3 is 11.5 Å². The Bertz CT molecular complexity index is 705. The Morgan fingerprint density at radius 3 is 2.59 bits per heavy atom. The van der Waals surface area contributed by atoms with Crippen LogP contribution in [0, 0.1) is 11.3 Å². The first-order valence-electron chi connectivity index (χ1n) is 7.11. The van der Waals surface area contributed by atoms with Crippen molar-refractivity contribution in [2.45, 2.75) is 32.6 Å². The number of aliphatic imine (C=N–C) groups is 1. The molecule has 1 aromatic carbocycles. The molecule has 0 amide bonds. The molecular weight excluding hydrogens is 294 g/mol. The summed E-state index contributed by atoms with van der Waals surface area (Å²) in [5, 5.41) is 9.47. The average Bonchev–Trinajstić information content (AvgIpc) is 2.88. The van der Waals surface area contributed by atoms with Crippen LogP contribution < -0.4 is 11.5 Å². The van der Waals surface area contributed by atoms with Gasteiger partial charge in [-0.2, -0.15) is 10.3 Å². The Hall–Kier alpha value is -2.39. The second-order valence-corrected chi connectivity index (χ2v) is 6.16. The van der Waals surface area contributed by atoms with Gasteiger partial charge in [0.1, 0.15) is 0 Å². The molecule has 0 saturated carbocycles. The third-order valence-electron chi connectivity index (χ3n) is 3.43. The van der Waals surface area contributed by atoms with Crippen molar-refractivity contribution in [3.63, 3.8) is 0 Å². The van der Waals surface area contributed by atoms with E-state index < -0.39 is 0 Å². The molecule has 4 N–H and O–H groups in total. The fraction of sp³-hybridized carbons (Fsp3) is 0.312. The quantitative estimate of drug-likeness (QED) is 0.654. The number of aryl methyl sites for hydroxylation is 1. The molecule has 0 aliphatic rings. The van der Waals surface area contributed by atoms with Gasteiger partial charge >= 0.3 is 0 Å². The van der Waals surface area contributed by atoms with Gasteiger partial charge in [-0.3, -0.25) is 0 Å². The Morgan fingerprint density at radius 1 is 1.36 bits per heavy atom. The standard InChI is InChI=1S/C16H19N5S/c1-3-13-14(22-16(20-13)21-15(18)19)8-10(2)12-6-4-11(9-17)5-7-12/h4-7,10H,3,8H2,1-2H3,(H4,18,19,20,21). The maximum atomic E-state index is 8.86. The number of rotatable bonds is 5. The minimum Gasteiger partial charge on any atom is -0.370 e. The van der Waals surface area contributed by atoms with E-state index in [1.807, 2.05) is 24.3 Å². The lowest BCUT2D eigenvalue weighted by Gasteiger charge is -2.11. The van der Waals surface area contributed by atoms with Gasteiger partial charge in [0.15, 0.2) is 5.96 Å². The van der Waals surface area contributed by atoms with E-state index >= 15 is 0 Å². The summed E-state index contributed by atoms with van der Waals surface area (Å²) in [6.07, 6.45) is 1.73. The highest BCUT2D eigenvalue weighted by atomic mass is 32.1. The van der Waals surface area contributed by atoms with Crippen molar-refractivity contribution in [1.29, 1.82) is 5.26 Å². The SMILES string of the molecule is CCc1nc(N=C(N)N)sc1CC(C)c1ccc(C#N)cc1. The molecule has 1 unspecified atom stereocenters. The number of nitriles is 1. The first kappa shape index (κ1) is 16.0. The monoisotopic (exact) mass is 313 g/mol. The van der Waals surface area contributed by atoms with Crippen LogP contribution in [0.15, 0.2) is 29.3 Å². The van der Waals surface area contributed by atoms with Gasteiger partial charge in [0.05, 0.1) is 17.3 Å². The zero-order valence-corrected chi connectivity index (χ0v) is 13.5. The number of hydrogen-bond donors (Lipinski definition) is 2. The van der Waals surface area contributed by atoms with Crippen LogP contribution >= 0.6 is 11.3 Å². The first-order chi connectivity index (χ1) is 10.5. The van der Waals surface area contributed by atoms with E-state index in [4.69, 9.17) is 16.7 Å². The summed E-state index contributed by atoms with van der Waals surface area (Å²) in [5.74, 6) is 0.369. The molecule has 0 aliphatic heterocycles. The Kier molecular flexibility index (Phi) is 5.12. The summed E-state index contributed by atoms with van der Waals surface area (Å²) < 4.78 is 0.